The largest absolute Gasteiger partial charge is 0.339 e. The van der Waals surface area contributed by atoms with Gasteiger partial charge in [0, 0.05) is 31.7 Å². The Morgan fingerprint density at radius 1 is 1.03 bits per heavy atom. The first-order chi connectivity index (χ1) is 17.6. The highest BCUT2D eigenvalue weighted by molar-refractivity contribution is 5.94. The van der Waals surface area contributed by atoms with Crippen LogP contribution >= 0.6 is 0 Å². The average molecular weight is 513 g/mol. The van der Waals surface area contributed by atoms with Crippen LogP contribution in [0.5, 0.6) is 0 Å². The molecule has 0 N–H and O–H groups in total. The van der Waals surface area contributed by atoms with E-state index in [0.717, 1.165) is 31.2 Å². The maximum Gasteiger partial charge on any atom is 0.253 e. The van der Waals surface area contributed by atoms with E-state index in [-0.39, 0.29) is 23.8 Å². The van der Waals surface area contributed by atoms with Crippen molar-refractivity contribution in [2.45, 2.75) is 79.6 Å². The molecule has 0 aromatic heterocycles. The second-order valence-corrected chi connectivity index (χ2v) is 11.4. The molecule has 4 rings (SSSR count). The monoisotopic (exact) mass is 512 g/mol. The molecule has 0 radical (unpaired) electrons. The first-order valence-corrected chi connectivity index (χ1v) is 14.1. The van der Waals surface area contributed by atoms with E-state index in [1.807, 2.05) is 35.8 Å². The highest BCUT2D eigenvalue weighted by atomic mass is 19.3. The topological polar surface area (TPSA) is 23.6 Å². The van der Waals surface area contributed by atoms with Crippen molar-refractivity contribution in [2.24, 2.45) is 11.3 Å². The molecule has 2 aliphatic rings. The Morgan fingerprint density at radius 3 is 2.24 bits per heavy atom. The Morgan fingerprint density at radius 2 is 1.68 bits per heavy atom. The number of hydrogen-bond acceptors (Lipinski definition) is 2. The molecule has 0 saturated carbocycles. The maximum absolute atomic E-state index is 13.3. The molecule has 2 aromatic carbocycles. The molecule has 5 heteroatoms. The summed E-state index contributed by atoms with van der Waals surface area (Å²) < 4.78 is 26.7. The van der Waals surface area contributed by atoms with E-state index in [1.165, 1.54) is 22.3 Å². The second-order valence-electron chi connectivity index (χ2n) is 11.4. The second kappa shape index (κ2) is 13.0. The zero-order valence-corrected chi connectivity index (χ0v) is 23.7. The third-order valence-electron chi connectivity index (χ3n) is 7.99. The number of aryl methyl sites for hydroxylation is 2. The van der Waals surface area contributed by atoms with Crippen LogP contribution in [0.25, 0.3) is 0 Å². The summed E-state index contributed by atoms with van der Waals surface area (Å²) in [5.74, 6) is 0.924. The molecule has 2 aromatic rings. The molecule has 2 heterocycles. The number of amides is 1. The minimum absolute atomic E-state index is 0.0174. The summed E-state index contributed by atoms with van der Waals surface area (Å²) in [6, 6.07) is 14.6. The Kier molecular flexibility index (Phi) is 10.3. The first kappa shape index (κ1) is 29.3. The van der Waals surface area contributed by atoms with Crippen molar-refractivity contribution in [3.63, 3.8) is 0 Å². The highest BCUT2D eigenvalue weighted by Gasteiger charge is 2.43. The van der Waals surface area contributed by atoms with E-state index in [0.29, 0.717) is 32.1 Å². The molecule has 1 unspecified atom stereocenters. The summed E-state index contributed by atoms with van der Waals surface area (Å²) in [5, 5.41) is 0. The Labute approximate surface area is 223 Å². The van der Waals surface area contributed by atoms with Crippen molar-refractivity contribution >= 4 is 5.91 Å². The summed E-state index contributed by atoms with van der Waals surface area (Å²) in [6.07, 6.45) is 1.42. The lowest BCUT2D eigenvalue weighted by Crippen LogP contribution is -2.53. The highest BCUT2D eigenvalue weighted by Crippen LogP contribution is 2.45. The molecule has 2 saturated heterocycles. The molecule has 204 valence electrons. The van der Waals surface area contributed by atoms with E-state index in [1.54, 1.807) is 0 Å². The minimum atomic E-state index is -2.33. The van der Waals surface area contributed by atoms with Gasteiger partial charge >= 0.3 is 0 Å². The third-order valence-corrected chi connectivity index (χ3v) is 7.99. The summed E-state index contributed by atoms with van der Waals surface area (Å²) in [6.45, 7) is 15.2. The van der Waals surface area contributed by atoms with Crippen LogP contribution in [0.3, 0.4) is 0 Å². The normalized spacial score (nSPS) is 19.7. The van der Waals surface area contributed by atoms with Gasteiger partial charge in [-0.3, -0.25) is 9.69 Å². The van der Waals surface area contributed by atoms with Crippen LogP contribution in [0.2, 0.25) is 0 Å². The quantitative estimate of drug-likeness (QED) is 0.400. The van der Waals surface area contributed by atoms with Crippen molar-refractivity contribution in [1.82, 2.24) is 9.80 Å². The fourth-order valence-electron chi connectivity index (χ4n) is 6.13. The lowest BCUT2D eigenvalue weighted by molar-refractivity contribution is -0.00795. The standard InChI is InChI=1S/C30H40F2N2O.C2H6/c1-21(2)15-25-9-10-26(16-23(25)4)29(35)34-13-11-30(12-14-34)17-27(18-33(20-30)19-28(31)32)24-7-5-22(3)6-8-24;1-2/h5-10,16,21,27-28H,11-15,17-20H2,1-4H3;1-2H3. The predicted octanol–water partition coefficient (Wildman–Crippen LogP) is 7.51. The molecular formula is C32H46F2N2O. The van der Waals surface area contributed by atoms with Crippen LogP contribution in [0, 0.1) is 25.2 Å². The summed E-state index contributed by atoms with van der Waals surface area (Å²) >= 11 is 0. The molecule has 1 spiro atoms. The van der Waals surface area contributed by atoms with Gasteiger partial charge in [0.2, 0.25) is 0 Å². The van der Waals surface area contributed by atoms with Crippen LogP contribution in [-0.4, -0.2) is 54.9 Å². The molecule has 0 bridgehead atoms. The Hall–Kier alpha value is -2.27. The van der Waals surface area contributed by atoms with Gasteiger partial charge in [-0.05, 0) is 85.6 Å². The van der Waals surface area contributed by atoms with Crippen LogP contribution in [-0.2, 0) is 6.42 Å². The molecule has 1 atom stereocenters. The van der Waals surface area contributed by atoms with Crippen molar-refractivity contribution < 1.29 is 13.6 Å². The van der Waals surface area contributed by atoms with Gasteiger partial charge in [0.25, 0.3) is 12.3 Å². The molecule has 3 nitrogen and oxygen atoms in total. The molecule has 2 fully saturated rings. The predicted molar refractivity (Wildman–Crippen MR) is 150 cm³/mol. The van der Waals surface area contributed by atoms with Crippen LogP contribution in [0.4, 0.5) is 8.78 Å². The third kappa shape index (κ3) is 7.63. The summed E-state index contributed by atoms with van der Waals surface area (Å²) in [7, 11) is 0. The number of rotatable bonds is 6. The van der Waals surface area contributed by atoms with Crippen molar-refractivity contribution in [3.8, 4) is 0 Å². The lowest BCUT2D eigenvalue weighted by Gasteiger charge is -2.50. The number of hydrogen-bond donors (Lipinski definition) is 0. The van der Waals surface area contributed by atoms with Gasteiger partial charge in [-0.1, -0.05) is 63.6 Å². The van der Waals surface area contributed by atoms with Crippen LogP contribution in [0.15, 0.2) is 42.5 Å². The Balaban J connectivity index is 0.00000186. The molecule has 1 amide bonds. The molecule has 2 aliphatic heterocycles. The van der Waals surface area contributed by atoms with E-state index in [2.05, 4.69) is 58.0 Å². The number of carbonyl (C=O) groups is 1. The zero-order valence-electron chi connectivity index (χ0n) is 23.7. The van der Waals surface area contributed by atoms with Crippen molar-refractivity contribution in [2.75, 3.05) is 32.7 Å². The van der Waals surface area contributed by atoms with Gasteiger partial charge in [0.05, 0.1) is 6.54 Å². The van der Waals surface area contributed by atoms with Crippen molar-refractivity contribution in [1.29, 1.82) is 0 Å². The number of piperidine rings is 2. The van der Waals surface area contributed by atoms with Gasteiger partial charge in [-0.15, -0.1) is 0 Å². The fraction of sp³-hybridized carbons (Fsp3) is 0.594. The SMILES string of the molecule is CC.Cc1ccc(C2CN(CC(F)F)CC3(CCN(C(=O)c4ccc(CC(C)C)c(C)c4)CC3)C2)cc1. The first-order valence-electron chi connectivity index (χ1n) is 14.1. The number of alkyl halides is 2. The van der Waals surface area contributed by atoms with Crippen molar-refractivity contribution in [3.05, 3.63) is 70.3 Å². The lowest BCUT2D eigenvalue weighted by atomic mass is 9.68. The zero-order chi connectivity index (χ0) is 27.2. The van der Waals surface area contributed by atoms with Gasteiger partial charge in [0.1, 0.15) is 0 Å². The number of nitrogens with zero attached hydrogens (tertiary/aromatic N) is 2. The van der Waals surface area contributed by atoms with Gasteiger partial charge in [0.15, 0.2) is 0 Å². The van der Waals surface area contributed by atoms with E-state index < -0.39 is 6.43 Å². The molecular weight excluding hydrogens is 466 g/mol. The van der Waals surface area contributed by atoms with Crippen LogP contribution in [0.1, 0.15) is 85.5 Å². The van der Waals surface area contributed by atoms with E-state index >= 15 is 0 Å². The van der Waals surface area contributed by atoms with Gasteiger partial charge in [-0.25, -0.2) is 8.78 Å². The van der Waals surface area contributed by atoms with E-state index in [9.17, 15) is 13.6 Å². The van der Waals surface area contributed by atoms with Gasteiger partial charge < -0.3 is 4.90 Å². The maximum atomic E-state index is 13.3. The number of likely N-dealkylation sites (tertiary alicyclic amines) is 2. The number of carbonyl (C=O) groups excluding carboxylic acids is 1. The molecule has 37 heavy (non-hydrogen) atoms. The van der Waals surface area contributed by atoms with Crippen LogP contribution < -0.4 is 0 Å². The van der Waals surface area contributed by atoms with Gasteiger partial charge in [-0.2, -0.15) is 0 Å². The average Bonchev–Trinajstić information content (AvgIpc) is 2.86. The summed E-state index contributed by atoms with van der Waals surface area (Å²) in [4.78, 5) is 17.2. The Bertz CT molecular complexity index is 1010. The fourth-order valence-corrected chi connectivity index (χ4v) is 6.13. The number of halogens is 2. The smallest absolute Gasteiger partial charge is 0.253 e. The minimum Gasteiger partial charge on any atom is -0.339 e. The van der Waals surface area contributed by atoms with E-state index in [4.69, 9.17) is 0 Å². The summed E-state index contributed by atoms with van der Waals surface area (Å²) in [5.41, 5.74) is 5.67. The molecule has 0 aliphatic carbocycles. The number of benzene rings is 2.